The first-order chi connectivity index (χ1) is 9.78. The van der Waals surface area contributed by atoms with Crippen LogP contribution in [0.15, 0.2) is 60.7 Å². The maximum absolute atomic E-state index is 11.8. The van der Waals surface area contributed by atoms with Gasteiger partial charge in [0.2, 0.25) is 0 Å². The van der Waals surface area contributed by atoms with Gasteiger partial charge in [-0.3, -0.25) is 0 Å². The highest BCUT2D eigenvalue weighted by Crippen LogP contribution is 2.10. The molecule has 2 aromatic rings. The Hall–Kier alpha value is -2.29. The summed E-state index contributed by atoms with van der Waals surface area (Å²) in [7, 11) is 0. The van der Waals surface area contributed by atoms with Crippen LogP contribution < -0.4 is 10.1 Å². The molecule has 0 aliphatic heterocycles. The smallest absolute Gasteiger partial charge is 0.410 e. The van der Waals surface area contributed by atoms with Crippen molar-refractivity contribution in [3.63, 3.8) is 0 Å². The SMILES string of the molecule is CCC(Cc1ccccc1)NC(=O)Oc1ccccc1. The Morgan fingerprint density at radius 3 is 2.25 bits per heavy atom. The quantitative estimate of drug-likeness (QED) is 0.896. The monoisotopic (exact) mass is 269 g/mol. The van der Waals surface area contributed by atoms with Crippen molar-refractivity contribution in [3.8, 4) is 5.75 Å². The minimum atomic E-state index is -0.404. The van der Waals surface area contributed by atoms with Gasteiger partial charge >= 0.3 is 6.09 Å². The van der Waals surface area contributed by atoms with Crippen LogP contribution in [-0.2, 0) is 6.42 Å². The van der Waals surface area contributed by atoms with Crippen molar-refractivity contribution in [1.82, 2.24) is 5.32 Å². The zero-order valence-electron chi connectivity index (χ0n) is 11.6. The maximum atomic E-state index is 11.8. The molecule has 1 amide bonds. The molecule has 0 bridgehead atoms. The Morgan fingerprint density at radius 2 is 1.65 bits per heavy atom. The summed E-state index contributed by atoms with van der Waals surface area (Å²) in [6.45, 7) is 2.05. The summed E-state index contributed by atoms with van der Waals surface area (Å²) >= 11 is 0. The number of ether oxygens (including phenoxy) is 1. The third-order valence-corrected chi connectivity index (χ3v) is 3.09. The van der Waals surface area contributed by atoms with E-state index in [9.17, 15) is 4.79 Å². The number of carbonyl (C=O) groups excluding carboxylic acids is 1. The molecule has 3 nitrogen and oxygen atoms in total. The highest BCUT2D eigenvalue weighted by atomic mass is 16.6. The fourth-order valence-electron chi connectivity index (χ4n) is 1.99. The molecule has 3 heteroatoms. The van der Waals surface area contributed by atoms with Gasteiger partial charge in [0.25, 0.3) is 0 Å². The van der Waals surface area contributed by atoms with Gasteiger partial charge in [0.1, 0.15) is 5.75 Å². The summed E-state index contributed by atoms with van der Waals surface area (Å²) < 4.78 is 5.23. The van der Waals surface area contributed by atoms with Crippen LogP contribution in [0.25, 0.3) is 0 Å². The average molecular weight is 269 g/mol. The predicted octanol–water partition coefficient (Wildman–Crippen LogP) is 3.80. The number of rotatable bonds is 5. The zero-order chi connectivity index (χ0) is 14.2. The van der Waals surface area contributed by atoms with Crippen molar-refractivity contribution in [2.45, 2.75) is 25.8 Å². The number of amides is 1. The first kappa shape index (κ1) is 14.1. The molecule has 104 valence electrons. The topological polar surface area (TPSA) is 38.3 Å². The second-order valence-corrected chi connectivity index (χ2v) is 4.64. The number of nitrogens with one attached hydrogen (secondary N) is 1. The Labute approximate surface area is 119 Å². The van der Waals surface area contributed by atoms with Crippen LogP contribution in [0, 0.1) is 0 Å². The van der Waals surface area contributed by atoms with E-state index in [1.807, 2.05) is 36.4 Å². The fourth-order valence-corrected chi connectivity index (χ4v) is 1.99. The second kappa shape index (κ2) is 7.34. The molecule has 2 aromatic carbocycles. The average Bonchev–Trinajstić information content (AvgIpc) is 2.48. The van der Waals surface area contributed by atoms with E-state index in [4.69, 9.17) is 4.74 Å². The Balaban J connectivity index is 1.88. The third-order valence-electron chi connectivity index (χ3n) is 3.09. The number of para-hydroxylation sites is 1. The first-order valence-corrected chi connectivity index (χ1v) is 6.85. The molecule has 0 aromatic heterocycles. The number of hydrogen-bond donors (Lipinski definition) is 1. The van der Waals surface area contributed by atoms with Crippen LogP contribution in [-0.4, -0.2) is 12.1 Å². The van der Waals surface area contributed by atoms with Gasteiger partial charge < -0.3 is 10.1 Å². The number of hydrogen-bond acceptors (Lipinski definition) is 2. The van der Waals surface area contributed by atoms with E-state index in [2.05, 4.69) is 24.4 Å². The molecule has 0 aliphatic carbocycles. The van der Waals surface area contributed by atoms with Gasteiger partial charge in [-0.15, -0.1) is 0 Å². The highest BCUT2D eigenvalue weighted by Gasteiger charge is 2.12. The van der Waals surface area contributed by atoms with Crippen molar-refractivity contribution < 1.29 is 9.53 Å². The maximum Gasteiger partial charge on any atom is 0.412 e. The minimum Gasteiger partial charge on any atom is -0.410 e. The zero-order valence-corrected chi connectivity index (χ0v) is 11.6. The summed E-state index contributed by atoms with van der Waals surface area (Å²) in [6, 6.07) is 19.3. The van der Waals surface area contributed by atoms with E-state index in [-0.39, 0.29) is 6.04 Å². The van der Waals surface area contributed by atoms with E-state index in [0.717, 1.165) is 12.8 Å². The largest absolute Gasteiger partial charge is 0.412 e. The van der Waals surface area contributed by atoms with E-state index in [0.29, 0.717) is 5.75 Å². The molecule has 1 atom stereocenters. The van der Waals surface area contributed by atoms with Crippen molar-refractivity contribution in [1.29, 1.82) is 0 Å². The van der Waals surface area contributed by atoms with E-state index in [1.54, 1.807) is 12.1 Å². The molecule has 20 heavy (non-hydrogen) atoms. The summed E-state index contributed by atoms with van der Waals surface area (Å²) in [5.41, 5.74) is 1.21. The van der Waals surface area contributed by atoms with Gasteiger partial charge in [-0.25, -0.2) is 4.79 Å². The number of benzene rings is 2. The Kier molecular flexibility index (Phi) is 5.18. The van der Waals surface area contributed by atoms with Crippen molar-refractivity contribution in [2.75, 3.05) is 0 Å². The van der Waals surface area contributed by atoms with Crippen molar-refractivity contribution >= 4 is 6.09 Å². The molecule has 0 saturated heterocycles. The lowest BCUT2D eigenvalue weighted by molar-refractivity contribution is 0.195. The normalized spacial score (nSPS) is 11.7. The van der Waals surface area contributed by atoms with Crippen LogP contribution >= 0.6 is 0 Å². The van der Waals surface area contributed by atoms with Crippen LogP contribution in [0.1, 0.15) is 18.9 Å². The molecule has 0 aliphatic rings. The molecular weight excluding hydrogens is 250 g/mol. The summed E-state index contributed by atoms with van der Waals surface area (Å²) in [5, 5.41) is 2.90. The van der Waals surface area contributed by atoms with Gasteiger partial charge in [-0.05, 0) is 30.5 Å². The molecule has 2 rings (SSSR count). The Morgan fingerprint density at radius 1 is 1.05 bits per heavy atom. The van der Waals surface area contributed by atoms with Gasteiger partial charge in [0.05, 0.1) is 0 Å². The van der Waals surface area contributed by atoms with Crippen molar-refractivity contribution in [2.24, 2.45) is 0 Å². The number of carbonyl (C=O) groups is 1. The summed E-state index contributed by atoms with van der Waals surface area (Å²) in [4.78, 5) is 11.8. The standard InChI is InChI=1S/C17H19NO2/c1-2-15(13-14-9-5-3-6-10-14)18-17(19)20-16-11-7-4-8-12-16/h3-12,15H,2,13H2,1H3,(H,18,19). The molecule has 0 radical (unpaired) electrons. The van der Waals surface area contributed by atoms with Crippen LogP contribution in [0.5, 0.6) is 5.75 Å². The van der Waals surface area contributed by atoms with E-state index < -0.39 is 6.09 Å². The molecule has 0 heterocycles. The molecule has 0 fully saturated rings. The summed E-state index contributed by atoms with van der Waals surface area (Å²) in [5.74, 6) is 0.555. The van der Waals surface area contributed by atoms with Gasteiger partial charge in [-0.2, -0.15) is 0 Å². The Bertz CT molecular complexity index is 525. The highest BCUT2D eigenvalue weighted by molar-refractivity contribution is 5.70. The molecule has 1 N–H and O–H groups in total. The van der Waals surface area contributed by atoms with Gasteiger partial charge in [-0.1, -0.05) is 55.5 Å². The molecule has 0 spiro atoms. The van der Waals surface area contributed by atoms with Crippen molar-refractivity contribution in [3.05, 3.63) is 66.2 Å². The summed E-state index contributed by atoms with van der Waals surface area (Å²) in [6.07, 6.45) is 1.26. The lowest BCUT2D eigenvalue weighted by Gasteiger charge is -2.16. The lowest BCUT2D eigenvalue weighted by atomic mass is 10.0. The third kappa shape index (κ3) is 4.43. The van der Waals surface area contributed by atoms with Crippen LogP contribution in [0.2, 0.25) is 0 Å². The molecular formula is C17H19NO2. The van der Waals surface area contributed by atoms with Gasteiger partial charge in [0.15, 0.2) is 0 Å². The van der Waals surface area contributed by atoms with Crippen LogP contribution in [0.3, 0.4) is 0 Å². The fraction of sp³-hybridized carbons (Fsp3) is 0.235. The minimum absolute atomic E-state index is 0.0774. The predicted molar refractivity (Wildman–Crippen MR) is 79.8 cm³/mol. The lowest BCUT2D eigenvalue weighted by Crippen LogP contribution is -2.37. The molecule has 1 unspecified atom stereocenters. The van der Waals surface area contributed by atoms with E-state index in [1.165, 1.54) is 5.56 Å². The second-order valence-electron chi connectivity index (χ2n) is 4.64. The molecule has 0 saturated carbocycles. The first-order valence-electron chi connectivity index (χ1n) is 6.85. The van der Waals surface area contributed by atoms with E-state index >= 15 is 0 Å². The van der Waals surface area contributed by atoms with Gasteiger partial charge in [0, 0.05) is 6.04 Å². The van der Waals surface area contributed by atoms with Crippen LogP contribution in [0.4, 0.5) is 4.79 Å².